The van der Waals surface area contributed by atoms with Crippen LogP contribution < -0.4 is 0 Å². The third kappa shape index (κ3) is 6.51. The number of ether oxygens (including phenoxy) is 2. The SMILES string of the molecule is COC(=O)O[C@@H](CC/C=C/C(=O)N(C)C)C(=O)O. The smallest absolute Gasteiger partial charge is 0.479 e. The van der Waals surface area contributed by atoms with Crippen molar-refractivity contribution < 1.29 is 29.0 Å². The van der Waals surface area contributed by atoms with Crippen LogP contribution in [0.4, 0.5) is 4.79 Å². The predicted octanol–water partition coefficient (Wildman–Crippen LogP) is 0.647. The zero-order valence-electron chi connectivity index (χ0n) is 10.6. The molecule has 0 rings (SSSR count). The molecule has 0 bridgehead atoms. The summed E-state index contributed by atoms with van der Waals surface area (Å²) in [5, 5.41) is 8.78. The number of aliphatic carboxylic acids is 1. The predicted molar refractivity (Wildman–Crippen MR) is 62.0 cm³/mol. The van der Waals surface area contributed by atoms with Gasteiger partial charge in [-0.25, -0.2) is 9.59 Å². The average Bonchev–Trinajstić information content (AvgIpc) is 2.31. The van der Waals surface area contributed by atoms with Crippen molar-refractivity contribution in [3.8, 4) is 0 Å². The highest BCUT2D eigenvalue weighted by atomic mass is 16.7. The second-order valence-corrected chi connectivity index (χ2v) is 3.61. The number of amides is 1. The highest BCUT2D eigenvalue weighted by Crippen LogP contribution is 2.05. The third-order valence-corrected chi connectivity index (χ3v) is 1.98. The Morgan fingerprint density at radius 2 is 1.94 bits per heavy atom. The summed E-state index contributed by atoms with van der Waals surface area (Å²) in [5.41, 5.74) is 0. The van der Waals surface area contributed by atoms with Crippen molar-refractivity contribution in [3.63, 3.8) is 0 Å². The Hall–Kier alpha value is -2.05. The molecule has 0 aromatic heterocycles. The van der Waals surface area contributed by atoms with E-state index in [2.05, 4.69) is 9.47 Å². The highest BCUT2D eigenvalue weighted by Gasteiger charge is 2.21. The molecule has 7 heteroatoms. The fourth-order valence-electron chi connectivity index (χ4n) is 0.978. The first-order valence-electron chi connectivity index (χ1n) is 5.23. The van der Waals surface area contributed by atoms with E-state index >= 15 is 0 Å². The van der Waals surface area contributed by atoms with Gasteiger partial charge in [-0.15, -0.1) is 0 Å². The molecule has 0 saturated heterocycles. The molecule has 0 spiro atoms. The number of likely N-dealkylation sites (N-methyl/N-ethyl adjacent to an activating group) is 1. The maximum absolute atomic E-state index is 11.2. The van der Waals surface area contributed by atoms with Crippen molar-refractivity contribution in [2.45, 2.75) is 18.9 Å². The van der Waals surface area contributed by atoms with Crippen LogP contribution in [-0.4, -0.2) is 55.3 Å². The number of carboxylic acid groups (broad SMARTS) is 1. The van der Waals surface area contributed by atoms with Crippen LogP contribution in [0.1, 0.15) is 12.8 Å². The fourth-order valence-corrected chi connectivity index (χ4v) is 0.978. The van der Waals surface area contributed by atoms with Crippen LogP contribution in [-0.2, 0) is 19.1 Å². The lowest BCUT2D eigenvalue weighted by Crippen LogP contribution is -2.26. The molecule has 0 aromatic rings. The molecular formula is C11H17NO6. The molecule has 18 heavy (non-hydrogen) atoms. The second kappa shape index (κ2) is 8.10. The molecule has 0 fully saturated rings. The van der Waals surface area contributed by atoms with E-state index in [1.54, 1.807) is 14.1 Å². The molecule has 7 nitrogen and oxygen atoms in total. The number of carbonyl (C=O) groups excluding carboxylic acids is 2. The number of methoxy groups -OCH3 is 1. The van der Waals surface area contributed by atoms with E-state index in [-0.39, 0.29) is 12.3 Å². The van der Waals surface area contributed by atoms with Crippen LogP contribution in [0.15, 0.2) is 12.2 Å². The summed E-state index contributed by atoms with van der Waals surface area (Å²) in [6.45, 7) is 0. The number of carboxylic acids is 1. The van der Waals surface area contributed by atoms with Gasteiger partial charge >= 0.3 is 12.1 Å². The zero-order chi connectivity index (χ0) is 14.1. The van der Waals surface area contributed by atoms with Gasteiger partial charge < -0.3 is 19.5 Å². The molecule has 0 aromatic carbocycles. The molecule has 1 atom stereocenters. The quantitative estimate of drug-likeness (QED) is 0.556. The summed E-state index contributed by atoms with van der Waals surface area (Å²) in [7, 11) is 4.30. The first kappa shape index (κ1) is 16.0. The van der Waals surface area contributed by atoms with Crippen molar-refractivity contribution >= 4 is 18.0 Å². The summed E-state index contributed by atoms with van der Waals surface area (Å²) in [5.74, 6) is -1.46. The first-order valence-corrected chi connectivity index (χ1v) is 5.23. The molecule has 0 aliphatic heterocycles. The van der Waals surface area contributed by atoms with Gasteiger partial charge in [-0.1, -0.05) is 6.08 Å². The van der Waals surface area contributed by atoms with Crippen LogP contribution in [0, 0.1) is 0 Å². The minimum atomic E-state index is -1.28. The fraction of sp³-hybridized carbons (Fsp3) is 0.545. The summed E-state index contributed by atoms with van der Waals surface area (Å²) in [4.78, 5) is 34.1. The molecule has 0 aliphatic carbocycles. The van der Waals surface area contributed by atoms with E-state index in [4.69, 9.17) is 5.11 Å². The van der Waals surface area contributed by atoms with E-state index in [0.717, 1.165) is 7.11 Å². The zero-order valence-corrected chi connectivity index (χ0v) is 10.6. The van der Waals surface area contributed by atoms with E-state index < -0.39 is 18.2 Å². The van der Waals surface area contributed by atoms with Crippen LogP contribution in [0.3, 0.4) is 0 Å². The van der Waals surface area contributed by atoms with E-state index in [1.165, 1.54) is 17.1 Å². The Kier molecular flexibility index (Phi) is 7.18. The maximum atomic E-state index is 11.2. The number of hydrogen-bond donors (Lipinski definition) is 1. The summed E-state index contributed by atoms with van der Waals surface area (Å²) in [6, 6.07) is 0. The Bertz CT molecular complexity index is 336. The standard InChI is InChI=1S/C11H17NO6/c1-12(2)9(13)7-5-4-6-8(10(14)15)18-11(16)17-3/h5,7-8H,4,6H2,1-3H3,(H,14,15)/b7-5+/t8-/m0/s1. The Morgan fingerprint density at radius 3 is 2.39 bits per heavy atom. The summed E-state index contributed by atoms with van der Waals surface area (Å²) >= 11 is 0. The molecule has 0 heterocycles. The number of rotatable bonds is 6. The van der Waals surface area contributed by atoms with Crippen molar-refractivity contribution in [1.29, 1.82) is 0 Å². The highest BCUT2D eigenvalue weighted by molar-refractivity contribution is 5.87. The van der Waals surface area contributed by atoms with Gasteiger partial charge in [0.05, 0.1) is 7.11 Å². The molecule has 0 saturated carbocycles. The lowest BCUT2D eigenvalue weighted by atomic mass is 10.2. The van der Waals surface area contributed by atoms with Crippen molar-refractivity contribution in [3.05, 3.63) is 12.2 Å². The Labute approximate surface area is 105 Å². The van der Waals surface area contributed by atoms with Crippen molar-refractivity contribution in [2.24, 2.45) is 0 Å². The van der Waals surface area contributed by atoms with Gasteiger partial charge in [-0.2, -0.15) is 0 Å². The van der Waals surface area contributed by atoms with E-state index in [9.17, 15) is 14.4 Å². The van der Waals surface area contributed by atoms with Crippen LogP contribution in [0.2, 0.25) is 0 Å². The van der Waals surface area contributed by atoms with Crippen LogP contribution >= 0.6 is 0 Å². The summed E-state index contributed by atoms with van der Waals surface area (Å²) < 4.78 is 8.73. The first-order chi connectivity index (χ1) is 8.38. The number of allylic oxidation sites excluding steroid dienone is 1. The maximum Gasteiger partial charge on any atom is 0.508 e. The summed E-state index contributed by atoms with van der Waals surface area (Å²) in [6.07, 6.45) is 0.901. The lowest BCUT2D eigenvalue weighted by Gasteiger charge is -2.11. The molecule has 102 valence electrons. The second-order valence-electron chi connectivity index (χ2n) is 3.61. The van der Waals surface area contributed by atoms with Gasteiger partial charge in [0, 0.05) is 14.1 Å². The molecule has 0 aliphatic rings. The molecule has 0 unspecified atom stereocenters. The monoisotopic (exact) mass is 259 g/mol. The Balaban J connectivity index is 4.17. The molecule has 1 N–H and O–H groups in total. The van der Waals surface area contributed by atoms with Crippen LogP contribution in [0.25, 0.3) is 0 Å². The minimum Gasteiger partial charge on any atom is -0.479 e. The van der Waals surface area contributed by atoms with Gasteiger partial charge in [0.2, 0.25) is 12.0 Å². The largest absolute Gasteiger partial charge is 0.508 e. The van der Waals surface area contributed by atoms with Gasteiger partial charge in [-0.3, -0.25) is 4.79 Å². The van der Waals surface area contributed by atoms with Crippen molar-refractivity contribution in [2.75, 3.05) is 21.2 Å². The normalized spacial score (nSPS) is 11.9. The van der Waals surface area contributed by atoms with Gasteiger partial charge in [0.1, 0.15) is 0 Å². The average molecular weight is 259 g/mol. The van der Waals surface area contributed by atoms with E-state index in [1.807, 2.05) is 0 Å². The third-order valence-electron chi connectivity index (χ3n) is 1.98. The topological polar surface area (TPSA) is 93.1 Å². The molecule has 0 radical (unpaired) electrons. The molecule has 1 amide bonds. The van der Waals surface area contributed by atoms with Gasteiger partial charge in [0.25, 0.3) is 0 Å². The van der Waals surface area contributed by atoms with Crippen molar-refractivity contribution in [1.82, 2.24) is 4.90 Å². The van der Waals surface area contributed by atoms with Gasteiger partial charge in [0.15, 0.2) is 0 Å². The molecular weight excluding hydrogens is 242 g/mol. The lowest BCUT2D eigenvalue weighted by molar-refractivity contribution is -0.148. The van der Waals surface area contributed by atoms with Crippen LogP contribution in [0.5, 0.6) is 0 Å². The Morgan fingerprint density at radius 1 is 1.33 bits per heavy atom. The number of nitrogens with zero attached hydrogens (tertiary/aromatic N) is 1. The van der Waals surface area contributed by atoms with E-state index in [0.29, 0.717) is 6.42 Å². The number of hydrogen-bond acceptors (Lipinski definition) is 5. The van der Waals surface area contributed by atoms with Gasteiger partial charge in [-0.05, 0) is 18.9 Å². The minimum absolute atomic E-state index is 0.0711. The number of carbonyl (C=O) groups is 3.